The van der Waals surface area contributed by atoms with Crippen molar-refractivity contribution >= 4 is 17.5 Å². The number of carbonyl (C=O) groups is 2. The summed E-state index contributed by atoms with van der Waals surface area (Å²) < 4.78 is 10.5. The molecule has 3 rings (SSSR count). The van der Waals surface area contributed by atoms with E-state index in [1.165, 1.54) is 0 Å². The third-order valence-corrected chi connectivity index (χ3v) is 4.76. The summed E-state index contributed by atoms with van der Waals surface area (Å²) in [4.78, 5) is 26.5. The van der Waals surface area contributed by atoms with Gasteiger partial charge in [-0.1, -0.05) is 23.8 Å². The third kappa shape index (κ3) is 4.22. The zero-order chi connectivity index (χ0) is 19.4. The second-order valence-corrected chi connectivity index (χ2v) is 6.65. The molecule has 0 unspecified atom stereocenters. The molecule has 0 radical (unpaired) electrons. The molecule has 1 aliphatic rings. The van der Waals surface area contributed by atoms with Crippen LogP contribution in [0.2, 0.25) is 0 Å². The van der Waals surface area contributed by atoms with Crippen LogP contribution in [0.3, 0.4) is 0 Å². The second-order valence-electron chi connectivity index (χ2n) is 6.65. The smallest absolute Gasteiger partial charge is 0.227 e. The van der Waals surface area contributed by atoms with Crippen LogP contribution in [0, 0.1) is 12.8 Å². The van der Waals surface area contributed by atoms with E-state index in [0.717, 1.165) is 16.8 Å². The molecule has 27 heavy (non-hydrogen) atoms. The molecule has 1 heterocycles. The first-order valence-corrected chi connectivity index (χ1v) is 8.87. The lowest BCUT2D eigenvalue weighted by Gasteiger charge is -2.17. The molecule has 2 aromatic rings. The topological polar surface area (TPSA) is 67.9 Å². The molecule has 6 heteroatoms. The summed E-state index contributed by atoms with van der Waals surface area (Å²) in [5.41, 5.74) is 2.87. The minimum atomic E-state index is -0.348. The summed E-state index contributed by atoms with van der Waals surface area (Å²) in [5, 5.41) is 2.92. The summed E-state index contributed by atoms with van der Waals surface area (Å²) in [7, 11) is 3.15. The summed E-state index contributed by atoms with van der Waals surface area (Å²) in [6.07, 6.45) is 0.228. The van der Waals surface area contributed by atoms with Crippen molar-refractivity contribution in [2.24, 2.45) is 5.92 Å². The number of hydrogen-bond acceptors (Lipinski definition) is 4. The molecule has 2 amide bonds. The number of benzene rings is 2. The lowest BCUT2D eigenvalue weighted by Crippen LogP contribution is -2.32. The highest BCUT2D eigenvalue weighted by atomic mass is 16.5. The Morgan fingerprint density at radius 3 is 2.48 bits per heavy atom. The van der Waals surface area contributed by atoms with Gasteiger partial charge in [-0.05, 0) is 36.8 Å². The Morgan fingerprint density at radius 2 is 1.81 bits per heavy atom. The fraction of sp³-hybridized carbons (Fsp3) is 0.333. The van der Waals surface area contributed by atoms with Crippen LogP contribution in [-0.4, -0.2) is 32.6 Å². The van der Waals surface area contributed by atoms with Crippen LogP contribution in [0.15, 0.2) is 42.5 Å². The molecule has 0 spiro atoms. The van der Waals surface area contributed by atoms with Gasteiger partial charge < -0.3 is 19.7 Å². The van der Waals surface area contributed by atoms with Gasteiger partial charge in [0.05, 0.1) is 20.1 Å². The number of nitrogens with zero attached hydrogens (tertiary/aromatic N) is 1. The minimum Gasteiger partial charge on any atom is -0.493 e. The van der Waals surface area contributed by atoms with E-state index in [4.69, 9.17) is 9.47 Å². The Morgan fingerprint density at radius 1 is 1.11 bits per heavy atom. The molecule has 1 N–H and O–H groups in total. The predicted molar refractivity (Wildman–Crippen MR) is 103 cm³/mol. The first-order chi connectivity index (χ1) is 13.0. The molecule has 0 saturated carbocycles. The molecule has 6 nitrogen and oxygen atoms in total. The van der Waals surface area contributed by atoms with Crippen LogP contribution < -0.4 is 19.7 Å². The third-order valence-electron chi connectivity index (χ3n) is 4.76. The molecular weight excluding hydrogens is 344 g/mol. The first kappa shape index (κ1) is 18.8. The molecule has 2 aromatic carbocycles. The zero-order valence-corrected chi connectivity index (χ0v) is 15.8. The minimum absolute atomic E-state index is 0.0230. The van der Waals surface area contributed by atoms with E-state index in [9.17, 15) is 9.59 Å². The standard InChI is InChI=1S/C21H24N2O4/c1-14-4-7-17(8-5-14)23-13-16(11-20(23)24)21(25)22-12-15-6-9-18(26-2)19(10-15)27-3/h4-10,16H,11-13H2,1-3H3,(H,22,25)/t16-/m0/s1. The Labute approximate surface area is 159 Å². The van der Waals surface area contributed by atoms with Crippen LogP contribution in [0.25, 0.3) is 0 Å². The molecule has 142 valence electrons. The molecule has 0 bridgehead atoms. The maximum absolute atomic E-state index is 12.5. The Bertz CT molecular complexity index is 833. The maximum Gasteiger partial charge on any atom is 0.227 e. The average molecular weight is 368 g/mol. The fourth-order valence-corrected chi connectivity index (χ4v) is 3.18. The van der Waals surface area contributed by atoms with Gasteiger partial charge in [0, 0.05) is 25.2 Å². The van der Waals surface area contributed by atoms with Gasteiger partial charge in [0.2, 0.25) is 11.8 Å². The van der Waals surface area contributed by atoms with Crippen molar-refractivity contribution in [1.29, 1.82) is 0 Å². The average Bonchev–Trinajstić information content (AvgIpc) is 3.08. The molecule has 0 aromatic heterocycles. The summed E-state index contributed by atoms with van der Waals surface area (Å²) in [6, 6.07) is 13.3. The highest BCUT2D eigenvalue weighted by Crippen LogP contribution is 2.28. The van der Waals surface area contributed by atoms with Gasteiger partial charge in [0.25, 0.3) is 0 Å². The van der Waals surface area contributed by atoms with Gasteiger partial charge in [0.1, 0.15) is 0 Å². The zero-order valence-electron chi connectivity index (χ0n) is 15.8. The van der Waals surface area contributed by atoms with E-state index >= 15 is 0 Å². The van der Waals surface area contributed by atoms with Gasteiger partial charge in [-0.3, -0.25) is 9.59 Å². The summed E-state index contributed by atoms with van der Waals surface area (Å²) in [5.74, 6) is 0.769. The first-order valence-electron chi connectivity index (χ1n) is 8.87. The number of nitrogens with one attached hydrogen (secondary N) is 1. The van der Waals surface area contributed by atoms with E-state index in [1.54, 1.807) is 25.2 Å². The van der Waals surface area contributed by atoms with Crippen molar-refractivity contribution in [3.8, 4) is 11.5 Å². The molecule has 0 aliphatic carbocycles. The number of hydrogen-bond donors (Lipinski definition) is 1. The van der Waals surface area contributed by atoms with Crippen LogP contribution in [0.5, 0.6) is 11.5 Å². The maximum atomic E-state index is 12.5. The lowest BCUT2D eigenvalue weighted by molar-refractivity contribution is -0.126. The van der Waals surface area contributed by atoms with Gasteiger partial charge in [-0.2, -0.15) is 0 Å². The summed E-state index contributed by atoms with van der Waals surface area (Å²) in [6.45, 7) is 2.77. The molecule has 1 aliphatic heterocycles. The van der Waals surface area contributed by atoms with Crippen LogP contribution in [0.1, 0.15) is 17.5 Å². The monoisotopic (exact) mass is 368 g/mol. The van der Waals surface area contributed by atoms with Crippen molar-refractivity contribution in [2.45, 2.75) is 19.9 Å². The van der Waals surface area contributed by atoms with Crippen LogP contribution in [-0.2, 0) is 16.1 Å². The van der Waals surface area contributed by atoms with Crippen molar-refractivity contribution in [3.63, 3.8) is 0 Å². The highest BCUT2D eigenvalue weighted by molar-refractivity contribution is 6.00. The number of methoxy groups -OCH3 is 2. The SMILES string of the molecule is COc1ccc(CNC(=O)[C@H]2CC(=O)N(c3ccc(C)cc3)C2)cc1OC. The molecule has 1 fully saturated rings. The normalized spacial score (nSPS) is 16.3. The van der Waals surface area contributed by atoms with Crippen molar-refractivity contribution in [3.05, 3.63) is 53.6 Å². The summed E-state index contributed by atoms with van der Waals surface area (Å²) >= 11 is 0. The van der Waals surface area contributed by atoms with E-state index in [-0.39, 0.29) is 24.2 Å². The Kier molecular flexibility index (Phi) is 5.64. The molecule has 1 saturated heterocycles. The van der Waals surface area contributed by atoms with E-state index in [0.29, 0.717) is 24.6 Å². The van der Waals surface area contributed by atoms with Crippen molar-refractivity contribution in [1.82, 2.24) is 5.32 Å². The number of rotatable bonds is 6. The number of carbonyl (C=O) groups excluding carboxylic acids is 2. The largest absolute Gasteiger partial charge is 0.493 e. The van der Waals surface area contributed by atoms with Crippen LogP contribution in [0.4, 0.5) is 5.69 Å². The molecular formula is C21H24N2O4. The van der Waals surface area contributed by atoms with Crippen LogP contribution >= 0.6 is 0 Å². The quantitative estimate of drug-likeness (QED) is 0.851. The molecule has 1 atom stereocenters. The van der Waals surface area contributed by atoms with Crippen molar-refractivity contribution in [2.75, 3.05) is 25.7 Å². The predicted octanol–water partition coefficient (Wildman–Crippen LogP) is 2.68. The number of ether oxygens (including phenoxy) is 2. The van der Waals surface area contributed by atoms with E-state index in [1.807, 2.05) is 43.3 Å². The van der Waals surface area contributed by atoms with E-state index in [2.05, 4.69) is 5.32 Å². The van der Waals surface area contributed by atoms with Gasteiger partial charge >= 0.3 is 0 Å². The van der Waals surface area contributed by atoms with Gasteiger partial charge in [0.15, 0.2) is 11.5 Å². The van der Waals surface area contributed by atoms with E-state index < -0.39 is 0 Å². The Balaban J connectivity index is 1.60. The van der Waals surface area contributed by atoms with Crippen molar-refractivity contribution < 1.29 is 19.1 Å². The van der Waals surface area contributed by atoms with Gasteiger partial charge in [-0.25, -0.2) is 0 Å². The number of aryl methyl sites for hydroxylation is 1. The number of amides is 2. The second kappa shape index (κ2) is 8.12. The highest BCUT2D eigenvalue weighted by Gasteiger charge is 2.34. The fourth-order valence-electron chi connectivity index (χ4n) is 3.18. The lowest BCUT2D eigenvalue weighted by atomic mass is 10.1. The van der Waals surface area contributed by atoms with Gasteiger partial charge in [-0.15, -0.1) is 0 Å². The number of anilines is 1. The Hall–Kier alpha value is -3.02.